The van der Waals surface area contributed by atoms with Crippen LogP contribution < -0.4 is 31.6 Å². The molecular weight excluding hydrogens is 1040 g/mol. The number of anilines is 1. The van der Waals surface area contributed by atoms with Gasteiger partial charge in [-0.1, -0.05) is 24.0 Å². The van der Waals surface area contributed by atoms with E-state index in [-0.39, 0.29) is 21.5 Å². The minimum atomic E-state index is -5.23. The lowest BCUT2D eigenvalue weighted by Crippen LogP contribution is -2.63. The smallest absolute Gasteiger partial charge is 0.407 e. The van der Waals surface area contributed by atoms with Crippen molar-refractivity contribution in [1.29, 1.82) is 0 Å². The van der Waals surface area contributed by atoms with Crippen molar-refractivity contribution in [2.24, 2.45) is 10.8 Å². The third-order valence-electron chi connectivity index (χ3n) is 13.4. The fourth-order valence-corrected chi connectivity index (χ4v) is 8.55. The number of methoxy groups -OCH3 is 2. The molecule has 6 rings (SSSR count). The third-order valence-corrected chi connectivity index (χ3v) is 13.4. The van der Waals surface area contributed by atoms with Crippen molar-refractivity contribution in [3.8, 4) is 23.1 Å². The van der Waals surface area contributed by atoms with Gasteiger partial charge in [0.05, 0.1) is 42.9 Å². The lowest BCUT2D eigenvalue weighted by Gasteiger charge is -2.38. The molecule has 0 radical (unpaired) electrons. The van der Waals surface area contributed by atoms with Gasteiger partial charge in [0, 0.05) is 72.9 Å². The number of amides is 4. The van der Waals surface area contributed by atoms with Crippen LogP contribution in [0.4, 0.5) is 59.3 Å². The first-order chi connectivity index (χ1) is 36.0. The zero-order valence-corrected chi connectivity index (χ0v) is 42.3. The molecule has 4 aromatic rings. The first-order valence-corrected chi connectivity index (χ1v) is 23.8. The number of hydrogen-bond acceptors (Lipinski definition) is 12. The summed E-state index contributed by atoms with van der Waals surface area (Å²) in [5, 5.41) is 25.6. The van der Waals surface area contributed by atoms with E-state index in [9.17, 15) is 59.4 Å². The molecule has 3 unspecified atom stereocenters. The molecule has 4 amide bonds. The summed E-state index contributed by atoms with van der Waals surface area (Å²) >= 11 is 0. The molecule has 2 aliphatic heterocycles. The molecule has 27 heteroatoms. The second-order valence-corrected chi connectivity index (χ2v) is 19.6. The van der Waals surface area contributed by atoms with Crippen LogP contribution in [0, 0.1) is 34.3 Å². The number of piperazine rings is 1. The Bertz CT molecular complexity index is 2770. The molecule has 2 aliphatic rings. The van der Waals surface area contributed by atoms with Crippen molar-refractivity contribution in [2.45, 2.75) is 109 Å². The number of fused-ring (bicyclic) bond motifs is 2. The van der Waals surface area contributed by atoms with Crippen LogP contribution in [0.15, 0.2) is 67.0 Å². The topological polar surface area (TPSA) is 204 Å². The van der Waals surface area contributed by atoms with Crippen molar-refractivity contribution in [3.05, 3.63) is 101 Å². The summed E-state index contributed by atoms with van der Waals surface area (Å²) in [6.45, 7) is -1.48. The number of nitrogens with one attached hydrogen (secondary N) is 5. The van der Waals surface area contributed by atoms with E-state index >= 15 is 8.78 Å². The maximum absolute atomic E-state index is 16.0. The molecular formula is C50H56F10N10O7. The zero-order valence-electron chi connectivity index (χ0n) is 42.3. The molecule has 77 heavy (non-hydrogen) atoms. The van der Waals surface area contributed by atoms with Gasteiger partial charge in [-0.25, -0.2) is 33.0 Å². The van der Waals surface area contributed by atoms with Gasteiger partial charge < -0.3 is 40.7 Å². The van der Waals surface area contributed by atoms with Gasteiger partial charge in [-0.3, -0.25) is 15.0 Å². The highest BCUT2D eigenvalue weighted by Gasteiger charge is 2.57. The molecule has 2 aromatic carbocycles. The average molecular weight is 1100 g/mol. The quantitative estimate of drug-likeness (QED) is 0.0359. The molecule has 2 bridgehead atoms. The van der Waals surface area contributed by atoms with Crippen LogP contribution in [0.1, 0.15) is 69.3 Å². The second kappa shape index (κ2) is 24.0. The van der Waals surface area contributed by atoms with Crippen LogP contribution in [-0.2, 0) is 32.0 Å². The molecule has 4 heterocycles. The molecule has 6 N–H and O–H groups in total. The highest BCUT2D eigenvalue weighted by Crippen LogP contribution is 2.42. The Morgan fingerprint density at radius 2 is 1.32 bits per heavy atom. The summed E-state index contributed by atoms with van der Waals surface area (Å²) in [5.41, 5.74) is -4.41. The van der Waals surface area contributed by atoms with Gasteiger partial charge in [-0.2, -0.15) is 40.2 Å². The van der Waals surface area contributed by atoms with Crippen LogP contribution in [0.2, 0.25) is 0 Å². The normalized spacial score (nSPS) is 17.4. The zero-order chi connectivity index (χ0) is 56.8. The number of nitrogens with zero attached hydrogens (tertiary/aromatic N) is 5. The summed E-state index contributed by atoms with van der Waals surface area (Å²) in [7, 11) is 1.60. The van der Waals surface area contributed by atoms with Crippen molar-refractivity contribution < 1.29 is 77.7 Å². The number of carbonyl (C=O) groups is 4. The number of rotatable bonds is 18. The van der Waals surface area contributed by atoms with E-state index < -0.39 is 115 Å². The number of hydrogen-bond donors (Lipinski definition) is 6. The average Bonchev–Trinajstić information content (AvgIpc) is 4.00. The SMILES string of the molecule is COC(=O)NC(C(=O)N[C@@H](Cc1ccc(C#Cc2ccc(N3CC4CCC(C3)N4)nc2)cc1)[C@@H](O)CN(Cc1c(F)cc(-c2ccn(C(F)F)n2)cc1F)NC(=O)[C@@H](NC(=O)OC)C(C)(C)C(F)(F)F)C(C)(C)C(F)(F)F. The highest BCUT2D eigenvalue weighted by molar-refractivity contribution is 5.87. The highest BCUT2D eigenvalue weighted by atomic mass is 19.4. The van der Waals surface area contributed by atoms with Crippen LogP contribution in [0.5, 0.6) is 0 Å². The molecule has 6 atom stereocenters. The minimum Gasteiger partial charge on any atom is -0.453 e. The molecule has 17 nitrogen and oxygen atoms in total. The van der Waals surface area contributed by atoms with Crippen molar-refractivity contribution in [3.63, 3.8) is 0 Å². The Kier molecular flexibility index (Phi) is 18.4. The number of alkyl carbamates (subject to hydrolysis) is 2. The summed E-state index contributed by atoms with van der Waals surface area (Å²) in [6, 6.07) is 6.08. The molecule has 2 aromatic heterocycles. The number of alkyl halides is 8. The van der Waals surface area contributed by atoms with E-state index in [0.717, 1.165) is 58.2 Å². The molecule has 0 spiro atoms. The van der Waals surface area contributed by atoms with E-state index in [0.29, 0.717) is 68.0 Å². The van der Waals surface area contributed by atoms with E-state index in [2.05, 4.69) is 46.9 Å². The number of ether oxygens (including phenoxy) is 2. The Morgan fingerprint density at radius 3 is 1.82 bits per heavy atom. The number of hydrazine groups is 1. The molecule has 2 saturated heterocycles. The van der Waals surface area contributed by atoms with E-state index in [1.807, 2.05) is 22.9 Å². The minimum absolute atomic E-state index is 0.198. The van der Waals surface area contributed by atoms with E-state index in [1.54, 1.807) is 11.5 Å². The van der Waals surface area contributed by atoms with Gasteiger partial charge in [-0.15, -0.1) is 0 Å². The lowest BCUT2D eigenvalue weighted by molar-refractivity contribution is -0.221. The van der Waals surface area contributed by atoms with Crippen LogP contribution in [0.3, 0.4) is 0 Å². The first kappa shape index (κ1) is 59.1. The summed E-state index contributed by atoms with van der Waals surface area (Å²) in [6.07, 6.45) is -11.4. The number of aromatic nitrogens is 3. The Hall–Kier alpha value is -7.18. The summed E-state index contributed by atoms with van der Waals surface area (Å²) < 4.78 is 155. The Labute approximate surface area is 435 Å². The molecule has 0 aliphatic carbocycles. The lowest BCUT2D eigenvalue weighted by atomic mass is 9.82. The van der Waals surface area contributed by atoms with Crippen molar-refractivity contribution in [1.82, 2.24) is 46.5 Å². The molecule has 418 valence electrons. The second-order valence-electron chi connectivity index (χ2n) is 19.6. The van der Waals surface area contributed by atoms with Gasteiger partial charge >= 0.3 is 31.1 Å². The third kappa shape index (κ3) is 14.5. The Morgan fingerprint density at radius 1 is 0.792 bits per heavy atom. The van der Waals surface area contributed by atoms with E-state index in [4.69, 9.17) is 0 Å². The number of pyridine rings is 1. The summed E-state index contributed by atoms with van der Waals surface area (Å²) in [5.74, 6) is 0.731. The van der Waals surface area contributed by atoms with Gasteiger partial charge in [0.15, 0.2) is 0 Å². The van der Waals surface area contributed by atoms with Crippen LogP contribution in [-0.4, -0.2) is 131 Å². The summed E-state index contributed by atoms with van der Waals surface area (Å²) in [4.78, 5) is 59.5. The molecule has 2 fully saturated rings. The predicted octanol–water partition coefficient (Wildman–Crippen LogP) is 6.51. The number of benzene rings is 2. The van der Waals surface area contributed by atoms with Crippen molar-refractivity contribution >= 4 is 29.8 Å². The van der Waals surface area contributed by atoms with E-state index in [1.165, 1.54) is 24.3 Å². The number of aliphatic hydroxyl groups is 1. The predicted molar refractivity (Wildman–Crippen MR) is 256 cm³/mol. The first-order valence-electron chi connectivity index (χ1n) is 23.8. The van der Waals surface area contributed by atoms with Crippen LogP contribution in [0.25, 0.3) is 11.3 Å². The molecule has 0 saturated carbocycles. The van der Waals surface area contributed by atoms with Gasteiger partial charge in [0.25, 0.3) is 5.91 Å². The van der Waals surface area contributed by atoms with Crippen LogP contribution >= 0.6 is 0 Å². The largest absolute Gasteiger partial charge is 0.453 e. The van der Waals surface area contributed by atoms with Gasteiger partial charge in [0.2, 0.25) is 5.91 Å². The van der Waals surface area contributed by atoms with Gasteiger partial charge in [0.1, 0.15) is 29.5 Å². The Balaban J connectivity index is 1.34. The monoisotopic (exact) mass is 1100 g/mol. The maximum atomic E-state index is 16.0. The standard InChI is InChI=1S/C50H56F10N10O7/c1-47(2,49(55,56)57)40(64-45(74)76-5)42(72)63-37(19-28-10-7-27(8-11-28)9-12-29-13-16-39(61-22-29)68-23-31-14-15-32(24-68)62-31)38(71)26-69(67-43(73)41(65-46(75)77-6)48(3,4)50(58,59)60)25-33-34(51)20-30(21-35(33)52)36-17-18-70(66-36)44(53)54/h7-8,10-11,13,16-18,20-22,31-32,37-38,40-41,44,62,71H,14-15,19,23-26H2,1-6H3,(H,63,72)(H,64,74)(H,65,75)(H,67,73)/t31?,32?,37-,38-,40?,41+/m0/s1. The maximum Gasteiger partial charge on any atom is 0.407 e. The van der Waals surface area contributed by atoms with Gasteiger partial charge in [-0.05, 0) is 95.0 Å². The van der Waals surface area contributed by atoms with Crippen molar-refractivity contribution in [2.75, 3.05) is 38.8 Å². The number of halogens is 10. The number of aliphatic hydroxyl groups excluding tert-OH is 1. The fourth-order valence-electron chi connectivity index (χ4n) is 8.55. The fraction of sp³-hybridized carbons (Fsp3) is 0.480. The number of carbonyl (C=O) groups excluding carboxylic acids is 4.